The average Bonchev–Trinajstić information content (AvgIpc) is 2.82. The molecule has 0 saturated heterocycles. The first kappa shape index (κ1) is 30.8. The van der Waals surface area contributed by atoms with Crippen LogP contribution in [0.15, 0.2) is 60.9 Å². The highest BCUT2D eigenvalue weighted by atomic mass is 19.4. The minimum Gasteiger partial charge on any atom is -0.619 e. The van der Waals surface area contributed by atoms with Gasteiger partial charge in [-0.05, 0) is 42.2 Å². The van der Waals surface area contributed by atoms with Crippen LogP contribution in [0.25, 0.3) is 0 Å². The molecule has 0 saturated carbocycles. The second-order valence-corrected chi connectivity index (χ2v) is 8.56. The lowest BCUT2D eigenvalue weighted by Crippen LogP contribution is -2.53. The van der Waals surface area contributed by atoms with Gasteiger partial charge in [-0.2, -0.15) is 48.6 Å². The highest BCUT2D eigenvalue weighted by Gasteiger charge is 2.71. The SMILES string of the molecule is Cc1c[n+]([O-])ccc1C[C@@H](c1ccc(C(O)(C(F)(F)F)C(F)(F)F)cc1)c1ccc(OC(F)F)c(OC(F)F)c1. The third-order valence-electron chi connectivity index (χ3n) is 6.03. The zero-order valence-electron chi connectivity index (χ0n) is 20.1. The van der Waals surface area contributed by atoms with Crippen LogP contribution in [0.5, 0.6) is 11.5 Å². The maximum atomic E-state index is 13.3. The van der Waals surface area contributed by atoms with Crippen LogP contribution in [0.1, 0.15) is 33.7 Å². The lowest BCUT2D eigenvalue weighted by molar-refractivity contribution is -0.605. The van der Waals surface area contributed by atoms with Crippen molar-refractivity contribution < 1.29 is 63.2 Å². The highest BCUT2D eigenvalue weighted by Crippen LogP contribution is 2.50. The van der Waals surface area contributed by atoms with Gasteiger partial charge in [0.1, 0.15) is 0 Å². The molecular weight excluding hydrogens is 568 g/mol. The van der Waals surface area contributed by atoms with E-state index in [-0.39, 0.29) is 17.5 Å². The molecule has 218 valence electrons. The van der Waals surface area contributed by atoms with Crippen LogP contribution in [0, 0.1) is 12.1 Å². The summed E-state index contributed by atoms with van der Waals surface area (Å²) in [5.74, 6) is -2.56. The fourth-order valence-electron chi connectivity index (χ4n) is 4.06. The summed E-state index contributed by atoms with van der Waals surface area (Å²) < 4.78 is 140. The van der Waals surface area contributed by atoms with Crippen molar-refractivity contribution in [1.29, 1.82) is 0 Å². The van der Waals surface area contributed by atoms with Gasteiger partial charge in [0.25, 0.3) is 5.60 Å². The fraction of sp³-hybridized carbons (Fsp3) is 0.320. The number of aromatic nitrogens is 1. The van der Waals surface area contributed by atoms with Crippen LogP contribution in [0.4, 0.5) is 43.9 Å². The second-order valence-electron chi connectivity index (χ2n) is 8.56. The van der Waals surface area contributed by atoms with E-state index in [1.807, 2.05) is 0 Å². The quantitative estimate of drug-likeness (QED) is 0.176. The predicted octanol–water partition coefficient (Wildman–Crippen LogP) is 6.52. The van der Waals surface area contributed by atoms with Crippen molar-refractivity contribution in [3.63, 3.8) is 0 Å². The Morgan fingerprint density at radius 2 is 1.32 bits per heavy atom. The van der Waals surface area contributed by atoms with Gasteiger partial charge < -0.3 is 19.8 Å². The molecule has 1 heterocycles. The summed E-state index contributed by atoms with van der Waals surface area (Å²) in [6, 6.07) is 6.92. The summed E-state index contributed by atoms with van der Waals surface area (Å²) >= 11 is 0. The molecule has 0 amide bonds. The standard InChI is InChI=1S/C25H19F10NO4/c1-13-12-36(38)9-8-15(13)10-18(16-4-7-19(39-21(26)27)20(11-16)40-22(28)29)14-2-5-17(6-3-14)23(37,24(30,31)32)25(33,34)35/h2-9,11-12,18,21-22,37H,10H2,1H3/t18-/m0/s1. The Morgan fingerprint density at radius 3 is 1.82 bits per heavy atom. The van der Waals surface area contributed by atoms with Crippen LogP contribution < -0.4 is 14.2 Å². The Bertz CT molecular complexity index is 1300. The van der Waals surface area contributed by atoms with Gasteiger partial charge in [-0.25, -0.2) is 0 Å². The van der Waals surface area contributed by atoms with Crippen LogP contribution in [0.3, 0.4) is 0 Å². The molecule has 0 bridgehead atoms. The van der Waals surface area contributed by atoms with E-state index < -0.39 is 54.2 Å². The summed E-state index contributed by atoms with van der Waals surface area (Å²) in [6.07, 6.45) is -10.0. The first-order chi connectivity index (χ1) is 18.4. The Balaban J connectivity index is 2.15. The molecule has 5 nitrogen and oxygen atoms in total. The molecule has 1 aromatic heterocycles. The molecule has 2 aromatic carbocycles. The minimum atomic E-state index is -6.12. The Hall–Kier alpha value is -3.75. The molecule has 0 aliphatic heterocycles. The Kier molecular flexibility index (Phi) is 8.77. The number of rotatable bonds is 9. The van der Waals surface area contributed by atoms with Crippen molar-refractivity contribution in [3.05, 3.63) is 93.9 Å². The highest BCUT2D eigenvalue weighted by molar-refractivity contribution is 5.47. The molecule has 3 aromatic rings. The molecule has 40 heavy (non-hydrogen) atoms. The van der Waals surface area contributed by atoms with E-state index in [2.05, 4.69) is 9.47 Å². The van der Waals surface area contributed by atoms with Crippen molar-refractivity contribution in [2.75, 3.05) is 0 Å². The van der Waals surface area contributed by atoms with Crippen molar-refractivity contribution in [2.45, 2.75) is 50.4 Å². The van der Waals surface area contributed by atoms with Crippen molar-refractivity contribution in [1.82, 2.24) is 0 Å². The number of nitrogens with zero attached hydrogens (tertiary/aromatic N) is 1. The molecule has 0 aliphatic rings. The molecule has 1 N–H and O–H groups in total. The summed E-state index contributed by atoms with van der Waals surface area (Å²) in [5, 5.41) is 21.3. The van der Waals surface area contributed by atoms with Crippen LogP contribution in [0.2, 0.25) is 0 Å². The summed E-state index contributed by atoms with van der Waals surface area (Å²) in [7, 11) is 0. The largest absolute Gasteiger partial charge is 0.619 e. The van der Waals surface area contributed by atoms with Crippen molar-refractivity contribution >= 4 is 0 Å². The van der Waals surface area contributed by atoms with Gasteiger partial charge in [0.15, 0.2) is 23.9 Å². The number of aryl methyl sites for hydroxylation is 1. The summed E-state index contributed by atoms with van der Waals surface area (Å²) in [5.41, 5.74) is -5.67. The van der Waals surface area contributed by atoms with Crippen molar-refractivity contribution in [2.24, 2.45) is 0 Å². The smallest absolute Gasteiger partial charge is 0.430 e. The number of benzene rings is 2. The normalized spacial score (nSPS) is 13.6. The topological polar surface area (TPSA) is 65.6 Å². The Labute approximate surface area is 219 Å². The van der Waals surface area contributed by atoms with Gasteiger partial charge >= 0.3 is 25.6 Å². The zero-order valence-corrected chi connectivity index (χ0v) is 20.1. The summed E-state index contributed by atoms with van der Waals surface area (Å²) in [6.45, 7) is -5.32. The summed E-state index contributed by atoms with van der Waals surface area (Å²) in [4.78, 5) is 0. The molecule has 0 aliphatic carbocycles. The van der Waals surface area contributed by atoms with Gasteiger partial charge in [-0.3, -0.25) is 0 Å². The molecule has 0 radical (unpaired) electrons. The maximum absolute atomic E-state index is 13.3. The van der Waals surface area contributed by atoms with Gasteiger partial charge in [0.2, 0.25) is 0 Å². The Morgan fingerprint density at radius 1 is 0.800 bits per heavy atom. The van der Waals surface area contributed by atoms with Crippen molar-refractivity contribution in [3.8, 4) is 11.5 Å². The predicted molar refractivity (Wildman–Crippen MR) is 118 cm³/mol. The number of aliphatic hydroxyl groups is 1. The number of halogens is 10. The molecule has 0 fully saturated rings. The maximum Gasteiger partial charge on any atom is 0.430 e. The molecule has 0 unspecified atom stereocenters. The van der Waals surface area contributed by atoms with Gasteiger partial charge in [0, 0.05) is 23.1 Å². The van der Waals surface area contributed by atoms with Gasteiger partial charge in [-0.15, -0.1) is 0 Å². The molecule has 15 heteroatoms. The third kappa shape index (κ3) is 6.51. The number of hydrogen-bond acceptors (Lipinski definition) is 4. The molecule has 3 rings (SSSR count). The zero-order chi connectivity index (χ0) is 30.0. The molecule has 1 atom stereocenters. The third-order valence-corrected chi connectivity index (χ3v) is 6.03. The second kappa shape index (κ2) is 11.4. The number of alkyl halides is 10. The van der Waals surface area contributed by atoms with E-state index in [4.69, 9.17) is 0 Å². The number of hydrogen-bond donors (Lipinski definition) is 1. The van der Waals surface area contributed by atoms with Gasteiger partial charge in [-0.1, -0.05) is 30.3 Å². The lowest BCUT2D eigenvalue weighted by Gasteiger charge is -2.33. The van der Waals surface area contributed by atoms with E-state index in [1.165, 1.54) is 18.3 Å². The number of pyridine rings is 1. The van der Waals surface area contributed by atoms with E-state index in [0.717, 1.165) is 30.5 Å². The monoisotopic (exact) mass is 587 g/mol. The van der Waals surface area contributed by atoms with E-state index in [0.29, 0.717) is 28.0 Å². The van der Waals surface area contributed by atoms with Gasteiger partial charge in [0.05, 0.1) is 0 Å². The lowest BCUT2D eigenvalue weighted by atomic mass is 9.83. The van der Waals surface area contributed by atoms with Crippen LogP contribution in [-0.4, -0.2) is 30.7 Å². The number of ether oxygens (including phenoxy) is 2. The first-order valence-corrected chi connectivity index (χ1v) is 11.1. The van der Waals surface area contributed by atoms with Crippen LogP contribution >= 0.6 is 0 Å². The molecule has 0 spiro atoms. The van der Waals surface area contributed by atoms with E-state index >= 15 is 0 Å². The first-order valence-electron chi connectivity index (χ1n) is 11.1. The van der Waals surface area contributed by atoms with Crippen LogP contribution in [-0.2, 0) is 12.0 Å². The van der Waals surface area contributed by atoms with E-state index in [9.17, 15) is 54.2 Å². The average molecular weight is 587 g/mol. The van der Waals surface area contributed by atoms with E-state index in [1.54, 1.807) is 6.92 Å². The fourth-order valence-corrected chi connectivity index (χ4v) is 4.06. The molecular formula is C25H19F10NO4. The minimum absolute atomic E-state index is 0.0548.